The molecule has 1 aliphatic rings. The monoisotopic (exact) mass is 310 g/mol. The quantitative estimate of drug-likeness (QED) is 0.862. The number of nitrogens with zero attached hydrogens (tertiary/aromatic N) is 2. The Morgan fingerprint density at radius 2 is 1.90 bits per heavy atom. The summed E-state index contributed by atoms with van der Waals surface area (Å²) in [5.74, 6) is 0. The van der Waals surface area contributed by atoms with E-state index in [1.807, 2.05) is 30.3 Å². The molecule has 1 fully saturated rings. The number of rotatable bonds is 3. The zero-order chi connectivity index (χ0) is 15.3. The van der Waals surface area contributed by atoms with Gasteiger partial charge < -0.3 is 9.64 Å². The Kier molecular flexibility index (Phi) is 5.22. The van der Waals surface area contributed by atoms with Crippen LogP contribution in [0.1, 0.15) is 18.4 Å². The maximum absolute atomic E-state index is 12.0. The number of likely N-dealkylation sites (tertiary alicyclic amines) is 1. The second-order valence-electron chi connectivity index (χ2n) is 5.55. The van der Waals surface area contributed by atoms with Gasteiger partial charge in [-0.1, -0.05) is 30.3 Å². The first-order chi connectivity index (χ1) is 9.94. The summed E-state index contributed by atoms with van der Waals surface area (Å²) in [7, 11) is -2.07. The molecule has 0 aromatic heterocycles. The van der Waals surface area contributed by atoms with Crippen LogP contribution in [0.3, 0.4) is 0 Å². The van der Waals surface area contributed by atoms with Crippen molar-refractivity contribution < 1.29 is 13.7 Å². The van der Waals surface area contributed by atoms with Crippen LogP contribution >= 0.6 is 0 Å². The average Bonchev–Trinajstić information content (AvgIpc) is 2.45. The molecule has 6 heteroatoms. The molecule has 0 atom stereocenters. The molecule has 0 saturated carbocycles. The maximum atomic E-state index is 12.0. The fourth-order valence-corrected chi connectivity index (χ4v) is 3.25. The molecule has 0 radical (unpaired) electrons. The minimum absolute atomic E-state index is 0.0886. The molecule has 1 heterocycles. The van der Waals surface area contributed by atoms with Crippen molar-refractivity contribution in [2.24, 2.45) is 4.36 Å². The largest absolute Gasteiger partial charge is 0.445 e. The van der Waals surface area contributed by atoms with Gasteiger partial charge in [0.05, 0.1) is 6.04 Å². The maximum Gasteiger partial charge on any atom is 0.410 e. The molecule has 116 valence electrons. The Morgan fingerprint density at radius 1 is 1.29 bits per heavy atom. The summed E-state index contributed by atoms with van der Waals surface area (Å²) in [6.07, 6.45) is 4.50. The van der Waals surface area contributed by atoms with Crippen LogP contribution < -0.4 is 0 Å². The lowest BCUT2D eigenvalue weighted by Gasteiger charge is -2.29. The molecule has 1 amide bonds. The van der Waals surface area contributed by atoms with E-state index >= 15 is 0 Å². The van der Waals surface area contributed by atoms with E-state index in [2.05, 4.69) is 4.36 Å². The van der Waals surface area contributed by atoms with E-state index in [9.17, 15) is 9.00 Å². The van der Waals surface area contributed by atoms with E-state index in [4.69, 9.17) is 4.74 Å². The molecule has 0 N–H and O–H groups in total. The van der Waals surface area contributed by atoms with E-state index < -0.39 is 9.73 Å². The van der Waals surface area contributed by atoms with Crippen molar-refractivity contribution in [3.05, 3.63) is 35.9 Å². The normalized spacial score (nSPS) is 16.6. The second-order valence-corrected chi connectivity index (χ2v) is 8.12. The molecule has 1 aromatic carbocycles. The molecule has 0 unspecified atom stereocenters. The van der Waals surface area contributed by atoms with Crippen LogP contribution in [0, 0.1) is 0 Å². The van der Waals surface area contributed by atoms with Gasteiger partial charge in [0.25, 0.3) is 0 Å². The van der Waals surface area contributed by atoms with Crippen LogP contribution in [0.15, 0.2) is 34.7 Å². The predicted molar refractivity (Wildman–Crippen MR) is 83.6 cm³/mol. The van der Waals surface area contributed by atoms with Crippen LogP contribution in [0.2, 0.25) is 0 Å². The van der Waals surface area contributed by atoms with Gasteiger partial charge in [-0.2, -0.15) is 0 Å². The van der Waals surface area contributed by atoms with Crippen molar-refractivity contribution >= 4 is 15.8 Å². The van der Waals surface area contributed by atoms with Gasteiger partial charge in [-0.25, -0.2) is 9.16 Å². The topological polar surface area (TPSA) is 59.0 Å². The molecular formula is C15H22N2O3S. The fourth-order valence-electron chi connectivity index (χ4n) is 2.32. The summed E-state index contributed by atoms with van der Waals surface area (Å²) in [5, 5.41) is 0. The van der Waals surface area contributed by atoms with Gasteiger partial charge in [-0.05, 0) is 18.4 Å². The number of ether oxygens (including phenoxy) is 1. The molecule has 0 aliphatic carbocycles. The number of amides is 1. The Hall–Kier alpha value is -1.56. The van der Waals surface area contributed by atoms with Gasteiger partial charge in [0.1, 0.15) is 6.61 Å². The zero-order valence-electron chi connectivity index (χ0n) is 12.5. The van der Waals surface area contributed by atoms with Crippen LogP contribution in [0.25, 0.3) is 0 Å². The predicted octanol–water partition coefficient (Wildman–Crippen LogP) is 2.52. The number of benzene rings is 1. The van der Waals surface area contributed by atoms with Gasteiger partial charge in [0, 0.05) is 35.3 Å². The highest BCUT2D eigenvalue weighted by molar-refractivity contribution is 7.92. The van der Waals surface area contributed by atoms with Gasteiger partial charge in [0.2, 0.25) is 0 Å². The minimum Gasteiger partial charge on any atom is -0.445 e. The number of hydrogen-bond donors (Lipinski definition) is 0. The number of hydrogen-bond acceptors (Lipinski definition) is 4. The highest BCUT2D eigenvalue weighted by atomic mass is 32.2. The van der Waals surface area contributed by atoms with E-state index in [-0.39, 0.29) is 12.1 Å². The second kappa shape index (κ2) is 6.93. The van der Waals surface area contributed by atoms with Crippen LogP contribution in [0.4, 0.5) is 4.79 Å². The average molecular weight is 310 g/mol. The first kappa shape index (κ1) is 15.8. The Morgan fingerprint density at radius 3 is 2.48 bits per heavy atom. The lowest BCUT2D eigenvalue weighted by atomic mass is 10.1. The third-order valence-electron chi connectivity index (χ3n) is 3.33. The van der Waals surface area contributed by atoms with E-state index in [0.29, 0.717) is 19.7 Å². The standard InChI is InChI=1S/C15H22N2O3S/c1-21(2,19)16-14-8-10-17(11-9-14)15(18)20-12-13-6-4-3-5-7-13/h3-7,14H,8-12H2,1-2H3. The molecule has 1 aliphatic heterocycles. The number of carbonyl (C=O) groups excluding carboxylic acids is 1. The third kappa shape index (κ3) is 5.38. The van der Waals surface area contributed by atoms with E-state index in [1.54, 1.807) is 17.4 Å². The third-order valence-corrected chi connectivity index (χ3v) is 4.14. The fraction of sp³-hybridized carbons (Fsp3) is 0.533. The van der Waals surface area contributed by atoms with Crippen LogP contribution in [-0.4, -0.2) is 46.8 Å². The zero-order valence-corrected chi connectivity index (χ0v) is 13.3. The first-order valence-electron chi connectivity index (χ1n) is 7.06. The highest BCUT2D eigenvalue weighted by Gasteiger charge is 2.23. The lowest BCUT2D eigenvalue weighted by Crippen LogP contribution is -2.40. The lowest BCUT2D eigenvalue weighted by molar-refractivity contribution is 0.0875. The van der Waals surface area contributed by atoms with Gasteiger partial charge in [-0.15, -0.1) is 0 Å². The van der Waals surface area contributed by atoms with Gasteiger partial charge >= 0.3 is 6.09 Å². The molecule has 0 spiro atoms. The van der Waals surface area contributed by atoms with Crippen molar-refractivity contribution in [1.29, 1.82) is 0 Å². The molecule has 1 aromatic rings. The van der Waals surface area contributed by atoms with Gasteiger partial charge in [-0.3, -0.25) is 4.21 Å². The first-order valence-corrected chi connectivity index (χ1v) is 9.39. The smallest absolute Gasteiger partial charge is 0.410 e. The summed E-state index contributed by atoms with van der Waals surface area (Å²) >= 11 is 0. The molecular weight excluding hydrogens is 288 g/mol. The number of piperidine rings is 1. The SMILES string of the molecule is CS(C)(=O)=NC1CCN(C(=O)OCc2ccccc2)CC1. The molecule has 0 bridgehead atoms. The molecule has 1 saturated heterocycles. The summed E-state index contributed by atoms with van der Waals surface area (Å²) in [5.41, 5.74) is 0.979. The summed E-state index contributed by atoms with van der Waals surface area (Å²) in [6.45, 7) is 1.51. The van der Waals surface area contributed by atoms with Crippen molar-refractivity contribution in [2.45, 2.75) is 25.5 Å². The van der Waals surface area contributed by atoms with E-state index in [0.717, 1.165) is 18.4 Å². The molecule has 2 rings (SSSR count). The minimum atomic E-state index is -2.07. The van der Waals surface area contributed by atoms with E-state index in [1.165, 1.54) is 0 Å². The van der Waals surface area contributed by atoms with Crippen LogP contribution in [0.5, 0.6) is 0 Å². The Balaban J connectivity index is 1.80. The summed E-state index contributed by atoms with van der Waals surface area (Å²) < 4.78 is 21.3. The van der Waals surface area contributed by atoms with Crippen molar-refractivity contribution in [2.75, 3.05) is 25.6 Å². The Labute approximate surface area is 126 Å². The van der Waals surface area contributed by atoms with Crippen molar-refractivity contribution in [3.63, 3.8) is 0 Å². The summed E-state index contributed by atoms with van der Waals surface area (Å²) in [6, 6.07) is 9.71. The molecule has 5 nitrogen and oxygen atoms in total. The van der Waals surface area contributed by atoms with Crippen LogP contribution in [-0.2, 0) is 21.1 Å². The number of carbonyl (C=O) groups is 1. The Bertz CT molecular complexity index is 578. The van der Waals surface area contributed by atoms with Gasteiger partial charge in [0.15, 0.2) is 0 Å². The van der Waals surface area contributed by atoms with Crippen molar-refractivity contribution in [1.82, 2.24) is 4.90 Å². The highest BCUT2D eigenvalue weighted by Crippen LogP contribution is 2.16. The van der Waals surface area contributed by atoms with Crippen molar-refractivity contribution in [3.8, 4) is 0 Å². The summed E-state index contributed by atoms with van der Waals surface area (Å²) in [4.78, 5) is 13.7. The molecule has 21 heavy (non-hydrogen) atoms.